The highest BCUT2D eigenvalue weighted by molar-refractivity contribution is 5.84. The molecule has 0 aliphatic heterocycles. The standard InChI is InChI=1S/C19H20.C9H14.C4H10O/c1-19(2,3)16-11-8-15(9-12-16)18-13-10-14-6-4-5-7-17(14)18;1-6-5-7(2)9(4)8(6)3;1-3-5-4-2/h4-9,11-13H,10H2,1-3H3;5-6H,1-4H3;3-4H2,1-2H3. The zero-order valence-corrected chi connectivity index (χ0v) is 22.4. The quantitative estimate of drug-likeness (QED) is 0.459. The van der Waals surface area contributed by atoms with Gasteiger partial charge >= 0.3 is 0 Å². The number of hydrogen-bond donors (Lipinski definition) is 0. The lowest BCUT2D eigenvalue weighted by Gasteiger charge is -2.19. The fraction of sp³-hybridized carbons (Fsp3) is 0.438. The van der Waals surface area contributed by atoms with Crippen LogP contribution in [0.1, 0.15) is 84.6 Å². The molecule has 1 heteroatoms. The van der Waals surface area contributed by atoms with Crippen LogP contribution in [0.5, 0.6) is 0 Å². The summed E-state index contributed by atoms with van der Waals surface area (Å²) < 4.78 is 4.83. The maximum absolute atomic E-state index is 4.83. The maximum Gasteiger partial charge on any atom is 0.0437 e. The summed E-state index contributed by atoms with van der Waals surface area (Å²) in [5, 5.41) is 0. The van der Waals surface area contributed by atoms with Gasteiger partial charge in [0.2, 0.25) is 0 Å². The maximum atomic E-state index is 4.83. The normalized spacial score (nSPS) is 16.8. The Hall–Kier alpha value is -2.38. The van der Waals surface area contributed by atoms with E-state index in [0.717, 1.165) is 19.6 Å². The van der Waals surface area contributed by atoms with Crippen molar-refractivity contribution < 1.29 is 4.74 Å². The molecule has 0 heterocycles. The highest BCUT2D eigenvalue weighted by Gasteiger charge is 2.17. The smallest absolute Gasteiger partial charge is 0.0437 e. The number of hydrogen-bond acceptors (Lipinski definition) is 1. The van der Waals surface area contributed by atoms with E-state index in [2.05, 4.69) is 109 Å². The van der Waals surface area contributed by atoms with Gasteiger partial charge in [-0.1, -0.05) is 99.5 Å². The second kappa shape index (κ2) is 12.2. The van der Waals surface area contributed by atoms with Gasteiger partial charge in [0.1, 0.15) is 0 Å². The summed E-state index contributed by atoms with van der Waals surface area (Å²) >= 11 is 0. The number of allylic oxidation sites excluding steroid dienone is 5. The van der Waals surface area contributed by atoms with Crippen molar-refractivity contribution in [2.45, 2.75) is 74.1 Å². The number of rotatable bonds is 3. The van der Waals surface area contributed by atoms with Crippen LogP contribution in [-0.2, 0) is 16.6 Å². The van der Waals surface area contributed by atoms with Gasteiger partial charge in [0.05, 0.1) is 0 Å². The Morgan fingerprint density at radius 3 is 1.91 bits per heavy atom. The molecule has 1 atom stereocenters. The number of fused-ring (bicyclic) bond motifs is 1. The Kier molecular flexibility index (Phi) is 9.92. The molecule has 0 radical (unpaired) electrons. The van der Waals surface area contributed by atoms with Crippen LogP contribution in [0.4, 0.5) is 0 Å². The zero-order valence-electron chi connectivity index (χ0n) is 22.4. The number of benzene rings is 2. The summed E-state index contributed by atoms with van der Waals surface area (Å²) in [6.45, 7) is 21.3. The van der Waals surface area contributed by atoms with E-state index < -0.39 is 0 Å². The van der Waals surface area contributed by atoms with Gasteiger partial charge in [0.15, 0.2) is 0 Å². The first-order chi connectivity index (χ1) is 15.6. The second-order valence-electron chi connectivity index (χ2n) is 10.0. The van der Waals surface area contributed by atoms with E-state index in [4.69, 9.17) is 4.74 Å². The minimum Gasteiger partial charge on any atom is -0.382 e. The summed E-state index contributed by atoms with van der Waals surface area (Å²) in [6, 6.07) is 17.7. The Labute approximate surface area is 203 Å². The molecule has 1 unspecified atom stereocenters. The van der Waals surface area contributed by atoms with Crippen molar-refractivity contribution in [1.82, 2.24) is 0 Å². The van der Waals surface area contributed by atoms with E-state index in [1.165, 1.54) is 44.5 Å². The summed E-state index contributed by atoms with van der Waals surface area (Å²) in [7, 11) is 0. The highest BCUT2D eigenvalue weighted by atomic mass is 16.5. The van der Waals surface area contributed by atoms with Crippen LogP contribution >= 0.6 is 0 Å². The van der Waals surface area contributed by atoms with Crippen molar-refractivity contribution >= 4 is 5.57 Å². The van der Waals surface area contributed by atoms with Crippen molar-refractivity contribution in [2.24, 2.45) is 5.92 Å². The molecule has 0 saturated carbocycles. The SMILES string of the molecule is CC(C)(C)c1ccc(C2=CCc3ccccc32)cc1.CC1=CC(C)C(C)=C1C.CCOCC. The molecule has 4 rings (SSSR count). The summed E-state index contributed by atoms with van der Waals surface area (Å²) in [5.74, 6) is 0.685. The molecular formula is C32H44O. The highest BCUT2D eigenvalue weighted by Crippen LogP contribution is 2.33. The van der Waals surface area contributed by atoms with Crippen molar-refractivity contribution in [3.8, 4) is 0 Å². The van der Waals surface area contributed by atoms with Gasteiger partial charge in [-0.2, -0.15) is 0 Å². The molecule has 0 bridgehead atoms. The topological polar surface area (TPSA) is 9.23 Å². The van der Waals surface area contributed by atoms with Gasteiger partial charge in [-0.05, 0) is 85.8 Å². The van der Waals surface area contributed by atoms with E-state index >= 15 is 0 Å². The number of ether oxygens (including phenoxy) is 1. The van der Waals surface area contributed by atoms with Crippen molar-refractivity contribution in [3.63, 3.8) is 0 Å². The van der Waals surface area contributed by atoms with Crippen molar-refractivity contribution in [1.29, 1.82) is 0 Å². The Bertz CT molecular complexity index is 992. The molecule has 0 fully saturated rings. The predicted octanol–water partition coefficient (Wildman–Crippen LogP) is 8.93. The van der Waals surface area contributed by atoms with Gasteiger partial charge in [0.25, 0.3) is 0 Å². The fourth-order valence-electron chi connectivity index (χ4n) is 4.19. The molecule has 0 amide bonds. The van der Waals surface area contributed by atoms with Gasteiger partial charge < -0.3 is 4.74 Å². The van der Waals surface area contributed by atoms with E-state index in [-0.39, 0.29) is 5.41 Å². The average Bonchev–Trinajstić information content (AvgIpc) is 3.31. The first-order valence-electron chi connectivity index (χ1n) is 12.4. The molecular weight excluding hydrogens is 400 g/mol. The van der Waals surface area contributed by atoms with Crippen LogP contribution in [0, 0.1) is 5.92 Å². The summed E-state index contributed by atoms with van der Waals surface area (Å²) in [5.41, 5.74) is 11.6. The Balaban J connectivity index is 0.000000229. The lowest BCUT2D eigenvalue weighted by atomic mass is 9.86. The largest absolute Gasteiger partial charge is 0.382 e. The molecule has 33 heavy (non-hydrogen) atoms. The third-order valence-electron chi connectivity index (χ3n) is 6.67. The summed E-state index contributed by atoms with van der Waals surface area (Å²) in [6.07, 6.45) is 5.73. The minimum absolute atomic E-state index is 0.223. The first-order valence-corrected chi connectivity index (χ1v) is 12.4. The van der Waals surface area contributed by atoms with E-state index in [9.17, 15) is 0 Å². The molecule has 0 N–H and O–H groups in total. The molecule has 2 aliphatic rings. The molecule has 2 aromatic carbocycles. The van der Waals surface area contributed by atoms with Crippen molar-refractivity contribution in [2.75, 3.05) is 13.2 Å². The molecule has 0 saturated heterocycles. The second-order valence-corrected chi connectivity index (χ2v) is 10.0. The van der Waals surface area contributed by atoms with E-state index in [1.807, 2.05) is 13.8 Å². The molecule has 2 aliphatic carbocycles. The molecule has 178 valence electrons. The van der Waals surface area contributed by atoms with Gasteiger partial charge in [-0.3, -0.25) is 0 Å². The monoisotopic (exact) mass is 444 g/mol. The molecule has 0 aromatic heterocycles. The van der Waals surface area contributed by atoms with Crippen molar-refractivity contribution in [3.05, 3.63) is 99.7 Å². The fourth-order valence-corrected chi connectivity index (χ4v) is 4.19. The molecule has 0 spiro atoms. The first kappa shape index (κ1) is 26.9. The average molecular weight is 445 g/mol. The van der Waals surface area contributed by atoms with Crippen LogP contribution in [0.2, 0.25) is 0 Å². The Morgan fingerprint density at radius 2 is 1.48 bits per heavy atom. The van der Waals surface area contributed by atoms with Crippen LogP contribution in [0.15, 0.2) is 77.4 Å². The third-order valence-corrected chi connectivity index (χ3v) is 6.67. The van der Waals surface area contributed by atoms with Gasteiger partial charge in [0, 0.05) is 13.2 Å². The zero-order chi connectivity index (χ0) is 24.6. The van der Waals surface area contributed by atoms with Crippen LogP contribution in [0.25, 0.3) is 5.57 Å². The summed E-state index contributed by atoms with van der Waals surface area (Å²) in [4.78, 5) is 0. The van der Waals surface area contributed by atoms with Gasteiger partial charge in [-0.15, -0.1) is 0 Å². The minimum atomic E-state index is 0.223. The van der Waals surface area contributed by atoms with E-state index in [0.29, 0.717) is 5.92 Å². The lowest BCUT2D eigenvalue weighted by Crippen LogP contribution is -2.10. The lowest BCUT2D eigenvalue weighted by molar-refractivity contribution is 0.162. The Morgan fingerprint density at radius 1 is 0.879 bits per heavy atom. The van der Waals surface area contributed by atoms with Crippen LogP contribution in [-0.4, -0.2) is 13.2 Å². The van der Waals surface area contributed by atoms with Crippen LogP contribution < -0.4 is 0 Å². The molecule has 2 aromatic rings. The van der Waals surface area contributed by atoms with Crippen LogP contribution in [0.3, 0.4) is 0 Å². The third kappa shape index (κ3) is 7.30. The van der Waals surface area contributed by atoms with Gasteiger partial charge in [-0.25, -0.2) is 0 Å². The molecule has 1 nitrogen and oxygen atoms in total. The predicted molar refractivity (Wildman–Crippen MR) is 146 cm³/mol. The van der Waals surface area contributed by atoms with E-state index in [1.54, 1.807) is 0 Å².